The minimum Gasteiger partial charge on any atom is -0.462 e. The Morgan fingerprint density at radius 3 is 0.778 bits per heavy atom. The lowest BCUT2D eigenvalue weighted by Gasteiger charge is -2.18. The molecular formula is C75H134O6. The third-order valence-corrected chi connectivity index (χ3v) is 15.7. The van der Waals surface area contributed by atoms with Crippen LogP contribution in [0.4, 0.5) is 0 Å². The second-order valence-corrected chi connectivity index (χ2v) is 23.8. The van der Waals surface area contributed by atoms with Crippen LogP contribution >= 0.6 is 0 Å². The van der Waals surface area contributed by atoms with Crippen molar-refractivity contribution in [3.63, 3.8) is 0 Å². The Kier molecular flexibility index (Phi) is 66.6. The number of hydrogen-bond donors (Lipinski definition) is 0. The van der Waals surface area contributed by atoms with Crippen molar-refractivity contribution in [2.75, 3.05) is 13.2 Å². The van der Waals surface area contributed by atoms with Crippen molar-refractivity contribution in [2.45, 2.75) is 374 Å². The summed E-state index contributed by atoms with van der Waals surface area (Å²) >= 11 is 0. The van der Waals surface area contributed by atoms with Crippen molar-refractivity contribution in [1.29, 1.82) is 0 Å². The van der Waals surface area contributed by atoms with Gasteiger partial charge in [0.1, 0.15) is 13.2 Å². The fourth-order valence-electron chi connectivity index (χ4n) is 10.4. The van der Waals surface area contributed by atoms with Gasteiger partial charge in [-0.15, -0.1) is 0 Å². The van der Waals surface area contributed by atoms with Crippen molar-refractivity contribution < 1.29 is 28.6 Å². The first kappa shape index (κ1) is 77.9. The fourth-order valence-corrected chi connectivity index (χ4v) is 10.4. The SMILES string of the molecule is CC/C=C\C/C=C\C/C=C\C/C=C\CCCCCCCCC(=O)OC(COC(=O)CCCCCCCCC/C=C\C/C=C\CCCCC)COC(=O)CCCCCCCCCCCCCCCCCCCCCCCCCCCCC. The van der Waals surface area contributed by atoms with Crippen LogP contribution in [0.15, 0.2) is 72.9 Å². The topological polar surface area (TPSA) is 78.9 Å². The van der Waals surface area contributed by atoms with Gasteiger partial charge in [-0.3, -0.25) is 14.4 Å². The molecule has 0 fully saturated rings. The van der Waals surface area contributed by atoms with Crippen LogP contribution in [0.5, 0.6) is 0 Å². The van der Waals surface area contributed by atoms with E-state index in [2.05, 4.69) is 93.7 Å². The van der Waals surface area contributed by atoms with Crippen molar-refractivity contribution in [3.05, 3.63) is 72.9 Å². The van der Waals surface area contributed by atoms with Crippen LogP contribution in [0.3, 0.4) is 0 Å². The molecule has 0 heterocycles. The molecule has 6 nitrogen and oxygen atoms in total. The van der Waals surface area contributed by atoms with E-state index < -0.39 is 6.10 Å². The lowest BCUT2D eigenvalue weighted by Crippen LogP contribution is -2.30. The van der Waals surface area contributed by atoms with Crippen LogP contribution in [0.1, 0.15) is 367 Å². The van der Waals surface area contributed by atoms with Gasteiger partial charge >= 0.3 is 17.9 Å². The molecule has 1 unspecified atom stereocenters. The van der Waals surface area contributed by atoms with Crippen LogP contribution in [0, 0.1) is 0 Å². The normalized spacial score (nSPS) is 12.5. The zero-order valence-electron chi connectivity index (χ0n) is 54.1. The molecule has 0 aromatic heterocycles. The summed E-state index contributed by atoms with van der Waals surface area (Å²) < 4.78 is 17.0. The third kappa shape index (κ3) is 67.5. The number of allylic oxidation sites excluding steroid dienone is 12. The first-order valence-corrected chi connectivity index (χ1v) is 35.4. The summed E-state index contributed by atoms with van der Waals surface area (Å²) in [6, 6.07) is 0. The molecule has 0 radical (unpaired) electrons. The minimum atomic E-state index is -0.788. The van der Waals surface area contributed by atoms with Gasteiger partial charge in [-0.1, -0.05) is 331 Å². The molecule has 0 aliphatic rings. The summed E-state index contributed by atoms with van der Waals surface area (Å²) in [4.78, 5) is 38.5. The largest absolute Gasteiger partial charge is 0.462 e. The highest BCUT2D eigenvalue weighted by Gasteiger charge is 2.19. The third-order valence-electron chi connectivity index (χ3n) is 15.7. The molecule has 1 atom stereocenters. The molecule has 0 spiro atoms. The van der Waals surface area contributed by atoms with Crippen LogP contribution in [0.25, 0.3) is 0 Å². The number of esters is 3. The Hall–Kier alpha value is -3.15. The summed E-state index contributed by atoms with van der Waals surface area (Å²) in [5.74, 6) is -0.882. The number of rotatable bonds is 65. The van der Waals surface area contributed by atoms with Crippen molar-refractivity contribution in [1.82, 2.24) is 0 Å². The van der Waals surface area contributed by atoms with Gasteiger partial charge in [0, 0.05) is 19.3 Å². The monoisotopic (exact) mass is 1130 g/mol. The highest BCUT2D eigenvalue weighted by Crippen LogP contribution is 2.18. The molecule has 470 valence electrons. The smallest absolute Gasteiger partial charge is 0.306 e. The molecule has 6 heteroatoms. The number of ether oxygens (including phenoxy) is 3. The Bertz CT molecular complexity index is 1490. The fraction of sp³-hybridized carbons (Fsp3) is 0.800. The van der Waals surface area contributed by atoms with Gasteiger partial charge in [0.15, 0.2) is 6.10 Å². The molecule has 0 amide bonds. The first-order chi connectivity index (χ1) is 40.0. The van der Waals surface area contributed by atoms with E-state index >= 15 is 0 Å². The van der Waals surface area contributed by atoms with Crippen LogP contribution in [-0.4, -0.2) is 37.2 Å². The predicted molar refractivity (Wildman–Crippen MR) is 353 cm³/mol. The summed E-state index contributed by atoms with van der Waals surface area (Å²) in [7, 11) is 0. The maximum Gasteiger partial charge on any atom is 0.306 e. The van der Waals surface area contributed by atoms with E-state index in [9.17, 15) is 14.4 Å². The zero-order valence-corrected chi connectivity index (χ0v) is 54.1. The summed E-state index contributed by atoms with van der Waals surface area (Å²) in [5.41, 5.74) is 0. The molecule has 0 saturated heterocycles. The van der Waals surface area contributed by atoms with Gasteiger partial charge in [0.05, 0.1) is 0 Å². The lowest BCUT2D eigenvalue weighted by molar-refractivity contribution is -0.167. The average Bonchev–Trinajstić information content (AvgIpc) is 3.47. The van der Waals surface area contributed by atoms with E-state index in [1.165, 1.54) is 218 Å². The van der Waals surface area contributed by atoms with Crippen LogP contribution in [0.2, 0.25) is 0 Å². The highest BCUT2D eigenvalue weighted by molar-refractivity contribution is 5.71. The van der Waals surface area contributed by atoms with E-state index in [4.69, 9.17) is 14.2 Å². The number of unbranched alkanes of at least 4 members (excludes halogenated alkanes) is 42. The van der Waals surface area contributed by atoms with Gasteiger partial charge in [0.2, 0.25) is 0 Å². The highest BCUT2D eigenvalue weighted by atomic mass is 16.6. The second-order valence-electron chi connectivity index (χ2n) is 23.8. The molecule has 0 aliphatic carbocycles. The molecule has 0 bridgehead atoms. The number of carbonyl (C=O) groups is 3. The summed E-state index contributed by atoms with van der Waals surface area (Å²) in [6.45, 7) is 6.54. The Balaban J connectivity index is 4.30. The lowest BCUT2D eigenvalue weighted by atomic mass is 10.0. The zero-order chi connectivity index (χ0) is 58.5. The molecule has 0 saturated carbocycles. The quantitative estimate of drug-likeness (QED) is 0.0261. The molecule has 0 aromatic rings. The number of carbonyl (C=O) groups excluding carboxylic acids is 3. The number of hydrogen-bond acceptors (Lipinski definition) is 6. The average molecular weight is 1130 g/mol. The van der Waals surface area contributed by atoms with Crippen LogP contribution in [-0.2, 0) is 28.6 Å². The van der Waals surface area contributed by atoms with Crippen LogP contribution < -0.4 is 0 Å². The molecule has 81 heavy (non-hydrogen) atoms. The Labute approximate surface area is 503 Å². The molecule has 0 N–H and O–H groups in total. The molecule has 0 aliphatic heterocycles. The summed E-state index contributed by atoms with van der Waals surface area (Å²) in [5, 5.41) is 0. The van der Waals surface area contributed by atoms with Gasteiger partial charge < -0.3 is 14.2 Å². The van der Waals surface area contributed by atoms with E-state index in [0.717, 1.165) is 109 Å². The van der Waals surface area contributed by atoms with E-state index in [-0.39, 0.29) is 31.1 Å². The van der Waals surface area contributed by atoms with Crippen molar-refractivity contribution >= 4 is 17.9 Å². The molecule has 0 rings (SSSR count). The van der Waals surface area contributed by atoms with Crippen molar-refractivity contribution in [3.8, 4) is 0 Å². The molecule has 0 aromatic carbocycles. The Morgan fingerprint density at radius 2 is 0.481 bits per heavy atom. The van der Waals surface area contributed by atoms with Gasteiger partial charge in [-0.25, -0.2) is 0 Å². The molecular weight excluding hydrogens is 997 g/mol. The summed E-state index contributed by atoms with van der Waals surface area (Å²) in [6.07, 6.45) is 90.7. The van der Waals surface area contributed by atoms with Gasteiger partial charge in [-0.2, -0.15) is 0 Å². The maximum absolute atomic E-state index is 12.9. The minimum absolute atomic E-state index is 0.0808. The second kappa shape index (κ2) is 69.3. The maximum atomic E-state index is 12.9. The van der Waals surface area contributed by atoms with Crippen molar-refractivity contribution in [2.24, 2.45) is 0 Å². The predicted octanol–water partition coefficient (Wildman–Crippen LogP) is 24.4. The van der Waals surface area contributed by atoms with Gasteiger partial charge in [0.25, 0.3) is 0 Å². The van der Waals surface area contributed by atoms with E-state index in [1.807, 2.05) is 0 Å². The Morgan fingerprint density at radius 1 is 0.259 bits per heavy atom. The van der Waals surface area contributed by atoms with E-state index in [1.54, 1.807) is 0 Å². The van der Waals surface area contributed by atoms with Gasteiger partial charge in [-0.05, 0) is 89.9 Å². The first-order valence-electron chi connectivity index (χ1n) is 35.4. The standard InChI is InChI=1S/C75H134O6/c1-4-7-10-13-16-19-22-25-28-31-33-34-35-36-37-38-39-40-42-44-47-50-53-56-59-62-65-68-74(77)80-71-72(70-79-73(76)67-64-61-58-55-52-49-46-43-30-27-24-21-18-15-12-9-6-3)81-75(78)69-66-63-60-57-54-51-48-45-41-32-29-26-23-20-17-14-11-8-5-2/h8,11,17-18,20-21,26-27,29-30,41,45,72H,4-7,9-10,12-16,19,22-25,28,31-40,42-44,46-71H2,1-3H3/b11-8-,20-17-,21-18-,29-26-,30-27-,45-41-. The van der Waals surface area contributed by atoms with E-state index in [0.29, 0.717) is 19.3 Å².